The summed E-state index contributed by atoms with van der Waals surface area (Å²) in [4.78, 5) is 29.1. The van der Waals surface area contributed by atoms with Crippen LogP contribution in [0.4, 0.5) is 0 Å². The third-order valence-corrected chi connectivity index (χ3v) is 3.83. The monoisotopic (exact) mass is 306 g/mol. The third kappa shape index (κ3) is 2.32. The molecule has 6 heteroatoms. The molecule has 2 heterocycles. The van der Waals surface area contributed by atoms with Gasteiger partial charge >= 0.3 is 5.69 Å². The molecule has 0 unspecified atom stereocenters. The number of nitrogens with zero attached hydrogens (tertiary/aromatic N) is 4. The molecule has 0 saturated carbocycles. The van der Waals surface area contributed by atoms with Gasteiger partial charge in [0.15, 0.2) is 0 Å². The SMILES string of the molecule is Cn1c(=O)c2c(CC#N)cc(-c3ccccc3)nc2n(C)c1=O. The molecule has 0 atom stereocenters. The van der Waals surface area contributed by atoms with E-state index in [-0.39, 0.29) is 6.42 Å². The summed E-state index contributed by atoms with van der Waals surface area (Å²) in [6.07, 6.45) is 0.0757. The van der Waals surface area contributed by atoms with Crippen molar-refractivity contribution in [3.63, 3.8) is 0 Å². The lowest BCUT2D eigenvalue weighted by molar-refractivity contribution is 0.707. The van der Waals surface area contributed by atoms with Crippen LogP contribution in [0.5, 0.6) is 0 Å². The van der Waals surface area contributed by atoms with Crippen LogP contribution in [-0.2, 0) is 20.5 Å². The van der Waals surface area contributed by atoms with Gasteiger partial charge in [-0.2, -0.15) is 5.26 Å². The second-order valence-corrected chi connectivity index (χ2v) is 5.27. The Morgan fingerprint density at radius 3 is 2.48 bits per heavy atom. The van der Waals surface area contributed by atoms with Crippen LogP contribution in [0.25, 0.3) is 22.3 Å². The van der Waals surface area contributed by atoms with Crippen molar-refractivity contribution in [2.24, 2.45) is 14.1 Å². The fourth-order valence-corrected chi connectivity index (χ4v) is 2.61. The Bertz CT molecular complexity index is 1060. The lowest BCUT2D eigenvalue weighted by Gasteiger charge is -2.11. The van der Waals surface area contributed by atoms with Crippen LogP contribution in [0.1, 0.15) is 5.56 Å². The number of benzene rings is 1. The van der Waals surface area contributed by atoms with E-state index in [1.54, 1.807) is 13.1 Å². The Morgan fingerprint density at radius 1 is 1.13 bits per heavy atom. The van der Waals surface area contributed by atoms with Gasteiger partial charge in [0.2, 0.25) is 0 Å². The van der Waals surface area contributed by atoms with Crippen LogP contribution in [-0.4, -0.2) is 14.1 Å². The van der Waals surface area contributed by atoms with Gasteiger partial charge in [0.25, 0.3) is 5.56 Å². The molecule has 0 aliphatic carbocycles. The first kappa shape index (κ1) is 14.7. The maximum absolute atomic E-state index is 12.4. The van der Waals surface area contributed by atoms with E-state index < -0.39 is 11.2 Å². The van der Waals surface area contributed by atoms with Gasteiger partial charge in [0, 0.05) is 19.7 Å². The fraction of sp³-hybridized carbons (Fsp3) is 0.176. The number of rotatable bonds is 2. The van der Waals surface area contributed by atoms with E-state index in [4.69, 9.17) is 5.26 Å². The maximum atomic E-state index is 12.4. The summed E-state index contributed by atoms with van der Waals surface area (Å²) in [7, 11) is 2.99. The van der Waals surface area contributed by atoms with Crippen molar-refractivity contribution < 1.29 is 0 Å². The predicted octanol–water partition coefficient (Wildman–Crippen LogP) is 1.37. The third-order valence-electron chi connectivity index (χ3n) is 3.83. The highest BCUT2D eigenvalue weighted by Gasteiger charge is 2.15. The van der Waals surface area contributed by atoms with Gasteiger partial charge in [0.1, 0.15) is 5.65 Å². The second-order valence-electron chi connectivity index (χ2n) is 5.27. The van der Waals surface area contributed by atoms with Gasteiger partial charge in [-0.25, -0.2) is 9.78 Å². The van der Waals surface area contributed by atoms with Crippen molar-refractivity contribution in [1.82, 2.24) is 14.1 Å². The first-order valence-corrected chi connectivity index (χ1v) is 7.06. The molecule has 0 aliphatic rings. The minimum absolute atomic E-state index is 0.0757. The van der Waals surface area contributed by atoms with Gasteiger partial charge in [-0.1, -0.05) is 30.3 Å². The zero-order chi connectivity index (χ0) is 16.6. The number of hydrogen-bond donors (Lipinski definition) is 0. The molecule has 0 aliphatic heterocycles. The molecule has 1 aromatic carbocycles. The second kappa shape index (κ2) is 5.54. The largest absolute Gasteiger partial charge is 0.332 e. The summed E-state index contributed by atoms with van der Waals surface area (Å²) >= 11 is 0. The number of aryl methyl sites for hydroxylation is 1. The van der Waals surface area contributed by atoms with Crippen molar-refractivity contribution >= 4 is 11.0 Å². The average Bonchev–Trinajstić information content (AvgIpc) is 2.58. The van der Waals surface area contributed by atoms with Crippen LogP contribution >= 0.6 is 0 Å². The molecule has 0 amide bonds. The molecule has 0 N–H and O–H groups in total. The van der Waals surface area contributed by atoms with Crippen molar-refractivity contribution in [1.29, 1.82) is 5.26 Å². The highest BCUT2D eigenvalue weighted by molar-refractivity contribution is 5.82. The quantitative estimate of drug-likeness (QED) is 0.716. The van der Waals surface area contributed by atoms with E-state index in [1.165, 1.54) is 11.6 Å². The summed E-state index contributed by atoms with van der Waals surface area (Å²) in [6, 6.07) is 13.3. The number of aromatic nitrogens is 3. The summed E-state index contributed by atoms with van der Waals surface area (Å²) < 4.78 is 2.37. The van der Waals surface area contributed by atoms with E-state index >= 15 is 0 Å². The van der Waals surface area contributed by atoms with Crippen molar-refractivity contribution in [2.45, 2.75) is 6.42 Å². The number of fused-ring (bicyclic) bond motifs is 1. The van der Waals surface area contributed by atoms with Gasteiger partial charge in [-0.05, 0) is 11.6 Å². The first-order valence-electron chi connectivity index (χ1n) is 7.06. The highest BCUT2D eigenvalue weighted by atomic mass is 16.2. The molecule has 0 fully saturated rings. The lowest BCUT2D eigenvalue weighted by Crippen LogP contribution is -2.37. The Labute approximate surface area is 131 Å². The van der Waals surface area contributed by atoms with E-state index in [2.05, 4.69) is 11.1 Å². The van der Waals surface area contributed by atoms with Gasteiger partial charge in [0.05, 0.1) is 23.6 Å². The fourth-order valence-electron chi connectivity index (χ4n) is 2.61. The van der Waals surface area contributed by atoms with E-state index in [0.29, 0.717) is 22.3 Å². The van der Waals surface area contributed by atoms with Crippen LogP contribution in [0.2, 0.25) is 0 Å². The highest BCUT2D eigenvalue weighted by Crippen LogP contribution is 2.22. The lowest BCUT2D eigenvalue weighted by atomic mass is 10.0. The summed E-state index contributed by atoms with van der Waals surface area (Å²) in [5.74, 6) is 0. The molecule has 0 saturated heterocycles. The number of pyridine rings is 1. The molecule has 23 heavy (non-hydrogen) atoms. The van der Waals surface area contributed by atoms with Gasteiger partial charge in [-0.3, -0.25) is 13.9 Å². The van der Waals surface area contributed by atoms with Gasteiger partial charge in [-0.15, -0.1) is 0 Å². The Kier molecular flexibility index (Phi) is 3.54. The minimum Gasteiger partial charge on any atom is -0.280 e. The van der Waals surface area contributed by atoms with Crippen molar-refractivity contribution in [3.05, 3.63) is 62.8 Å². The molecular formula is C17H14N4O2. The predicted molar refractivity (Wildman–Crippen MR) is 87.0 cm³/mol. The molecule has 2 aromatic heterocycles. The van der Waals surface area contributed by atoms with Crippen molar-refractivity contribution in [2.75, 3.05) is 0 Å². The molecule has 0 bridgehead atoms. The topological polar surface area (TPSA) is 80.7 Å². The molecule has 0 radical (unpaired) electrons. The number of hydrogen-bond acceptors (Lipinski definition) is 4. The summed E-state index contributed by atoms with van der Waals surface area (Å²) in [5.41, 5.74) is 1.49. The molecule has 0 spiro atoms. The first-order chi connectivity index (χ1) is 11.0. The standard InChI is InChI=1S/C17H14N4O2/c1-20-15-14(16(22)21(2)17(20)23)12(8-9-18)10-13(19-15)11-6-4-3-5-7-11/h3-7,10H,8H2,1-2H3. The average molecular weight is 306 g/mol. The Hall–Kier alpha value is -3.20. The van der Waals surface area contributed by atoms with Crippen LogP contribution < -0.4 is 11.2 Å². The Morgan fingerprint density at radius 2 is 1.83 bits per heavy atom. The summed E-state index contributed by atoms with van der Waals surface area (Å²) in [6.45, 7) is 0. The Balaban J connectivity index is 2.48. The van der Waals surface area contributed by atoms with E-state index in [1.807, 2.05) is 30.3 Å². The molecular weight excluding hydrogens is 292 g/mol. The zero-order valence-electron chi connectivity index (χ0n) is 12.8. The van der Waals surface area contributed by atoms with Crippen LogP contribution in [0, 0.1) is 11.3 Å². The molecule has 3 aromatic rings. The van der Waals surface area contributed by atoms with E-state index in [9.17, 15) is 9.59 Å². The van der Waals surface area contributed by atoms with Crippen molar-refractivity contribution in [3.8, 4) is 17.3 Å². The van der Waals surface area contributed by atoms with Crippen LogP contribution in [0.3, 0.4) is 0 Å². The molecule has 6 nitrogen and oxygen atoms in total. The maximum Gasteiger partial charge on any atom is 0.332 e. The molecule has 114 valence electrons. The number of nitriles is 1. The smallest absolute Gasteiger partial charge is 0.280 e. The summed E-state index contributed by atoms with van der Waals surface area (Å²) in [5, 5.41) is 9.39. The molecule has 3 rings (SSSR count). The zero-order valence-corrected chi connectivity index (χ0v) is 12.8. The minimum atomic E-state index is -0.442. The van der Waals surface area contributed by atoms with Gasteiger partial charge < -0.3 is 0 Å². The van der Waals surface area contributed by atoms with Crippen LogP contribution in [0.15, 0.2) is 46.0 Å². The normalized spacial score (nSPS) is 10.7. The van der Waals surface area contributed by atoms with E-state index in [0.717, 1.165) is 10.1 Å².